The Morgan fingerprint density at radius 1 is 0.540 bits per heavy atom. The summed E-state index contributed by atoms with van der Waals surface area (Å²) in [6, 6.07) is 18.3. The molecule has 6 rings (SSSR count). The molecular formula is C34H40NO23P5. The van der Waals surface area contributed by atoms with Gasteiger partial charge in [-0.25, -0.2) is 22.8 Å². The number of phosphoric ester groups is 5. The first kappa shape index (κ1) is 49.5. The molecule has 0 aromatic heterocycles. The van der Waals surface area contributed by atoms with Crippen molar-refractivity contribution in [2.24, 2.45) is 0 Å². The SMILES string of the molecule is COP(=O)(OCCOP(=O)(O)OCCOP(=O)(O)O)OC(COP(=O)(O)OCCOP(=O)(O)OCCO)CN1C(=O)c2ccc3c4cccc5cccc(c6ccc(c2c36)C1=O)c54. The van der Waals surface area contributed by atoms with E-state index < -0.39 is 123 Å². The number of hydrogen-bond acceptors (Lipinski definition) is 18. The zero-order valence-electron chi connectivity index (χ0n) is 32.7. The van der Waals surface area contributed by atoms with Crippen LogP contribution in [0.5, 0.6) is 0 Å². The number of rotatable bonds is 26. The molecular weight excluding hydrogens is 945 g/mol. The van der Waals surface area contributed by atoms with E-state index in [-0.39, 0.29) is 11.1 Å². The fraction of sp³-hybridized carbons (Fsp3) is 0.353. The molecule has 5 atom stereocenters. The minimum Gasteiger partial charge on any atom is -0.394 e. The number of aliphatic hydroxyl groups excluding tert-OH is 1. The Labute approximate surface area is 356 Å². The fourth-order valence-electron chi connectivity index (χ4n) is 6.63. The van der Waals surface area contributed by atoms with Crippen LogP contribution in [0, 0.1) is 0 Å². The molecule has 0 aliphatic carbocycles. The molecule has 6 N–H and O–H groups in total. The van der Waals surface area contributed by atoms with Crippen LogP contribution in [0.1, 0.15) is 20.7 Å². The average Bonchev–Trinajstić information content (AvgIpc) is 3.23. The van der Waals surface area contributed by atoms with Crippen molar-refractivity contribution in [2.45, 2.75) is 6.10 Å². The molecule has 344 valence electrons. The summed E-state index contributed by atoms with van der Waals surface area (Å²) in [5, 5.41) is 15.2. The van der Waals surface area contributed by atoms with E-state index in [1.54, 1.807) is 24.3 Å². The van der Waals surface area contributed by atoms with Gasteiger partial charge >= 0.3 is 39.1 Å². The minimum absolute atomic E-state index is 0.115. The van der Waals surface area contributed by atoms with Gasteiger partial charge in [-0.1, -0.05) is 48.5 Å². The third-order valence-electron chi connectivity index (χ3n) is 9.03. The zero-order chi connectivity index (χ0) is 45.8. The Kier molecular flexibility index (Phi) is 15.9. The predicted octanol–water partition coefficient (Wildman–Crippen LogP) is 4.99. The van der Waals surface area contributed by atoms with Gasteiger partial charge in [0, 0.05) is 23.6 Å². The maximum absolute atomic E-state index is 14.3. The van der Waals surface area contributed by atoms with Gasteiger partial charge in [0.15, 0.2) is 0 Å². The van der Waals surface area contributed by atoms with Crippen LogP contribution in [-0.2, 0) is 68.1 Å². The van der Waals surface area contributed by atoms with E-state index in [1.165, 1.54) is 0 Å². The van der Waals surface area contributed by atoms with E-state index >= 15 is 0 Å². The van der Waals surface area contributed by atoms with Crippen LogP contribution >= 0.6 is 39.1 Å². The second-order valence-corrected chi connectivity index (χ2v) is 20.4. The molecule has 0 saturated carbocycles. The van der Waals surface area contributed by atoms with E-state index in [1.807, 2.05) is 36.4 Å². The molecule has 5 aromatic carbocycles. The summed E-state index contributed by atoms with van der Waals surface area (Å²) < 4.78 is 109. The molecule has 5 aromatic rings. The quantitative estimate of drug-likeness (QED) is 0.0140. The molecule has 0 radical (unpaired) electrons. The second kappa shape index (κ2) is 20.3. The molecule has 29 heteroatoms. The van der Waals surface area contributed by atoms with Crippen LogP contribution < -0.4 is 0 Å². The van der Waals surface area contributed by atoms with Crippen molar-refractivity contribution < 1.29 is 107 Å². The molecule has 0 fully saturated rings. The highest BCUT2D eigenvalue weighted by atomic mass is 31.2. The number of benzene rings is 5. The Morgan fingerprint density at radius 2 is 0.984 bits per heavy atom. The smallest absolute Gasteiger partial charge is 0.394 e. The van der Waals surface area contributed by atoms with Crippen LogP contribution in [0.25, 0.3) is 43.1 Å². The number of aliphatic hydroxyl groups is 1. The largest absolute Gasteiger partial charge is 0.475 e. The Hall–Kier alpha value is -2.95. The van der Waals surface area contributed by atoms with Crippen LogP contribution in [0.2, 0.25) is 0 Å². The predicted molar refractivity (Wildman–Crippen MR) is 219 cm³/mol. The van der Waals surface area contributed by atoms with Crippen molar-refractivity contribution in [3.63, 3.8) is 0 Å². The normalized spacial score (nSPS) is 17.9. The standard InChI is InChI=1S/C34H40NO23P5/c1-49-63(48,56-19-18-54-61(44,45)52-15-14-50-59(39,40)41)58-23(21-57-62(46,47)55-17-16-53-60(42,43)51-13-12-36)20-35-33(37)28-10-8-26-24-6-2-4-22-5-3-7-25(30(22)24)27-9-11-29(34(35)38)32(28)31(26)27/h2-11,23,36H,12-21H2,1H3,(H,42,43)(H,44,45)(H,46,47)(H2,39,40,41). The molecule has 24 nitrogen and oxygen atoms in total. The minimum atomic E-state index is -5.13. The number of hydrogen-bond donors (Lipinski definition) is 6. The van der Waals surface area contributed by atoms with Gasteiger partial charge in [-0.2, -0.15) is 0 Å². The second-order valence-electron chi connectivity index (χ2n) is 13.1. The van der Waals surface area contributed by atoms with Crippen molar-refractivity contribution in [2.75, 3.05) is 73.1 Å². The first-order valence-corrected chi connectivity index (χ1v) is 25.8. The maximum Gasteiger partial charge on any atom is 0.475 e. The van der Waals surface area contributed by atoms with Gasteiger partial charge in [-0.05, 0) is 49.8 Å². The molecule has 0 saturated heterocycles. The first-order valence-electron chi connectivity index (χ1n) is 18.3. The van der Waals surface area contributed by atoms with Crippen LogP contribution in [-0.4, -0.2) is 126 Å². The number of imide groups is 1. The molecule has 1 aliphatic rings. The summed E-state index contributed by atoms with van der Waals surface area (Å²) in [5.41, 5.74) is 0.230. The van der Waals surface area contributed by atoms with Crippen molar-refractivity contribution in [3.8, 4) is 0 Å². The van der Waals surface area contributed by atoms with Gasteiger partial charge in [0.05, 0.1) is 66.0 Å². The van der Waals surface area contributed by atoms with Gasteiger partial charge in [0.1, 0.15) is 6.10 Å². The summed E-state index contributed by atoms with van der Waals surface area (Å²) in [6.07, 6.45) is -1.81. The lowest BCUT2D eigenvalue weighted by Crippen LogP contribution is -2.46. The van der Waals surface area contributed by atoms with Gasteiger partial charge in [-0.3, -0.25) is 59.7 Å². The van der Waals surface area contributed by atoms with Gasteiger partial charge < -0.3 is 29.6 Å². The molecule has 2 amide bonds. The zero-order valence-corrected chi connectivity index (χ0v) is 37.2. The average molecular weight is 986 g/mol. The van der Waals surface area contributed by atoms with Gasteiger partial charge in [-0.15, -0.1) is 0 Å². The van der Waals surface area contributed by atoms with Crippen molar-refractivity contribution in [1.82, 2.24) is 4.90 Å². The number of carbonyl (C=O) groups excluding carboxylic acids is 2. The monoisotopic (exact) mass is 985 g/mol. The summed E-state index contributed by atoms with van der Waals surface area (Å²) in [6.45, 7) is -7.84. The summed E-state index contributed by atoms with van der Waals surface area (Å²) >= 11 is 0. The van der Waals surface area contributed by atoms with Crippen LogP contribution in [0.3, 0.4) is 0 Å². The topological polar surface area (TPSA) is 336 Å². The molecule has 63 heavy (non-hydrogen) atoms. The third-order valence-corrected chi connectivity index (χ3v) is 14.1. The summed E-state index contributed by atoms with van der Waals surface area (Å²) in [4.78, 5) is 76.5. The Balaban J connectivity index is 1.21. The fourth-order valence-corrected chi connectivity index (χ4v) is 10.1. The van der Waals surface area contributed by atoms with Gasteiger partial charge in [0.2, 0.25) is 0 Å². The van der Waals surface area contributed by atoms with E-state index in [0.29, 0.717) is 10.8 Å². The first-order chi connectivity index (χ1) is 29.7. The Bertz CT molecular complexity index is 2630. The van der Waals surface area contributed by atoms with Gasteiger partial charge in [0.25, 0.3) is 11.8 Å². The van der Waals surface area contributed by atoms with Crippen LogP contribution in [0.4, 0.5) is 0 Å². The molecule has 5 unspecified atom stereocenters. The lowest BCUT2D eigenvalue weighted by Gasteiger charge is -2.32. The van der Waals surface area contributed by atoms with Crippen molar-refractivity contribution >= 4 is 94.0 Å². The lowest BCUT2D eigenvalue weighted by atomic mass is 9.85. The number of amides is 2. The lowest BCUT2D eigenvalue weighted by molar-refractivity contribution is 0.0209. The molecule has 1 aliphatic heterocycles. The summed E-state index contributed by atoms with van der Waals surface area (Å²) in [7, 11) is -23.5. The highest BCUT2D eigenvalue weighted by Gasteiger charge is 2.40. The summed E-state index contributed by atoms with van der Waals surface area (Å²) in [5.74, 6) is -1.66. The molecule has 1 heterocycles. The Morgan fingerprint density at radius 3 is 1.46 bits per heavy atom. The van der Waals surface area contributed by atoms with E-state index in [4.69, 9.17) is 37.5 Å². The van der Waals surface area contributed by atoms with E-state index in [2.05, 4.69) is 22.6 Å². The number of carbonyl (C=O) groups is 2. The molecule has 0 bridgehead atoms. The number of fused-ring (bicyclic) bond motifs is 2. The number of nitrogens with zero attached hydrogens (tertiary/aromatic N) is 1. The van der Waals surface area contributed by atoms with E-state index in [0.717, 1.165) is 44.3 Å². The highest BCUT2D eigenvalue weighted by Crippen LogP contribution is 2.52. The third kappa shape index (κ3) is 12.3. The van der Waals surface area contributed by atoms with Crippen LogP contribution in [0.15, 0.2) is 60.7 Å². The maximum atomic E-state index is 14.3. The molecule has 0 spiro atoms. The van der Waals surface area contributed by atoms with Crippen molar-refractivity contribution in [1.29, 1.82) is 0 Å². The highest BCUT2D eigenvalue weighted by molar-refractivity contribution is 7.49. The number of phosphoric acid groups is 5. The van der Waals surface area contributed by atoms with E-state index in [9.17, 15) is 47.1 Å². The van der Waals surface area contributed by atoms with Crippen molar-refractivity contribution in [3.05, 3.63) is 71.8 Å².